The molecule has 38 heavy (non-hydrogen) atoms. The smallest absolute Gasteiger partial charge is 0.408 e. The SMILES string of the molecule is CCN(C(=O)C(NC(=O)OC1CCC2(CO2)C(C2(C)OC2CC=C(C)C)C1OC)C(C)C)C1CCCN1C. The van der Waals surface area contributed by atoms with Crippen molar-refractivity contribution in [2.45, 2.75) is 115 Å². The number of likely N-dealkylation sites (N-methyl/N-ethyl adjacent to an activating group) is 1. The van der Waals surface area contributed by atoms with Crippen LogP contribution in [0.25, 0.3) is 0 Å². The van der Waals surface area contributed by atoms with E-state index in [4.69, 9.17) is 18.9 Å². The molecule has 4 fully saturated rings. The summed E-state index contributed by atoms with van der Waals surface area (Å²) in [5, 5.41) is 2.91. The number of methoxy groups -OCH3 is 1. The highest BCUT2D eigenvalue weighted by Gasteiger charge is 2.72. The van der Waals surface area contributed by atoms with Gasteiger partial charge in [-0.15, -0.1) is 0 Å². The Bertz CT molecular complexity index is 901. The van der Waals surface area contributed by atoms with Crippen LogP contribution in [0.2, 0.25) is 0 Å². The van der Waals surface area contributed by atoms with E-state index in [0.29, 0.717) is 19.6 Å². The molecule has 2 amide bonds. The number of carbonyl (C=O) groups excluding carboxylic acids is 2. The van der Waals surface area contributed by atoms with Crippen molar-refractivity contribution in [3.8, 4) is 0 Å². The number of allylic oxidation sites excluding steroid dienone is 1. The minimum Gasteiger partial charge on any atom is -0.443 e. The maximum atomic E-state index is 13.6. The molecule has 1 spiro atoms. The van der Waals surface area contributed by atoms with Crippen molar-refractivity contribution in [3.05, 3.63) is 11.6 Å². The van der Waals surface area contributed by atoms with E-state index in [9.17, 15) is 9.59 Å². The maximum Gasteiger partial charge on any atom is 0.408 e. The summed E-state index contributed by atoms with van der Waals surface area (Å²) in [6.45, 7) is 14.5. The Hall–Kier alpha value is -1.68. The van der Waals surface area contributed by atoms with E-state index in [-0.39, 0.29) is 41.7 Å². The molecular weight excluding hydrogens is 486 g/mol. The minimum atomic E-state index is -0.660. The van der Waals surface area contributed by atoms with Crippen LogP contribution in [0.3, 0.4) is 0 Å². The Labute approximate surface area is 228 Å². The van der Waals surface area contributed by atoms with Gasteiger partial charge in [0.25, 0.3) is 0 Å². The van der Waals surface area contributed by atoms with Gasteiger partial charge in [0.1, 0.15) is 29.5 Å². The zero-order chi connectivity index (χ0) is 27.8. The van der Waals surface area contributed by atoms with E-state index in [0.717, 1.165) is 32.2 Å². The molecule has 0 aromatic rings. The van der Waals surface area contributed by atoms with Crippen LogP contribution in [0.15, 0.2) is 11.6 Å². The van der Waals surface area contributed by atoms with Crippen molar-refractivity contribution < 1.29 is 28.5 Å². The lowest BCUT2D eigenvalue weighted by molar-refractivity contribution is -0.140. The fraction of sp³-hybridized carbons (Fsp3) is 0.862. The number of likely N-dealkylation sites (tertiary alicyclic amines) is 1. The molecule has 8 unspecified atom stereocenters. The summed E-state index contributed by atoms with van der Waals surface area (Å²) in [5.41, 5.74) is 0.588. The van der Waals surface area contributed by atoms with Gasteiger partial charge in [-0.2, -0.15) is 0 Å². The number of hydrogen-bond donors (Lipinski definition) is 1. The minimum absolute atomic E-state index is 0.0434. The zero-order valence-electron chi connectivity index (χ0n) is 24.6. The van der Waals surface area contributed by atoms with Crippen molar-refractivity contribution in [2.75, 3.05) is 33.9 Å². The van der Waals surface area contributed by atoms with Crippen molar-refractivity contribution in [3.63, 3.8) is 0 Å². The van der Waals surface area contributed by atoms with Gasteiger partial charge in [-0.1, -0.05) is 25.5 Å². The molecule has 3 aliphatic heterocycles. The molecule has 0 aromatic heterocycles. The molecule has 8 atom stereocenters. The second kappa shape index (κ2) is 11.4. The first-order valence-corrected chi connectivity index (χ1v) is 14.4. The van der Waals surface area contributed by atoms with Gasteiger partial charge in [0.05, 0.1) is 24.8 Å². The summed E-state index contributed by atoms with van der Waals surface area (Å²) < 4.78 is 24.3. The maximum absolute atomic E-state index is 13.6. The summed E-state index contributed by atoms with van der Waals surface area (Å²) in [7, 11) is 3.72. The second-order valence-corrected chi connectivity index (χ2v) is 12.4. The predicted octanol–water partition coefficient (Wildman–Crippen LogP) is 3.71. The number of carbonyl (C=O) groups is 2. The number of hydrogen-bond acceptors (Lipinski definition) is 7. The predicted molar refractivity (Wildman–Crippen MR) is 145 cm³/mol. The molecule has 1 N–H and O–H groups in total. The van der Waals surface area contributed by atoms with Gasteiger partial charge in [0.2, 0.25) is 5.91 Å². The highest BCUT2D eigenvalue weighted by molar-refractivity contribution is 5.86. The van der Waals surface area contributed by atoms with Crippen molar-refractivity contribution in [1.29, 1.82) is 0 Å². The van der Waals surface area contributed by atoms with Gasteiger partial charge in [-0.05, 0) is 79.3 Å². The largest absolute Gasteiger partial charge is 0.443 e. The second-order valence-electron chi connectivity index (χ2n) is 12.4. The monoisotopic (exact) mass is 535 g/mol. The summed E-state index contributed by atoms with van der Waals surface area (Å²) in [6.07, 6.45) is 5.27. The quantitative estimate of drug-likeness (QED) is 0.336. The molecule has 4 rings (SSSR count). The number of epoxide rings is 2. The normalized spacial score (nSPS) is 37.1. The van der Waals surface area contributed by atoms with E-state index >= 15 is 0 Å². The third kappa shape index (κ3) is 5.76. The van der Waals surface area contributed by atoms with Crippen LogP contribution >= 0.6 is 0 Å². The van der Waals surface area contributed by atoms with Crippen LogP contribution in [0, 0.1) is 11.8 Å². The number of amides is 2. The molecular formula is C29H49N3O6. The standard InChI is InChI=1S/C29H49N3O6/c1-9-32(22-11-10-16-31(22)7)26(33)23(19(4)5)30-27(34)37-20-14-15-29(17-36-29)25(24(20)35-8)28(6)21(38-28)13-12-18(2)3/h12,19-25H,9-11,13-17H2,1-8H3,(H,30,34). The van der Waals surface area contributed by atoms with E-state index in [1.54, 1.807) is 7.11 Å². The number of nitrogens with zero attached hydrogens (tertiary/aromatic N) is 2. The molecule has 216 valence electrons. The van der Waals surface area contributed by atoms with Crippen molar-refractivity contribution in [1.82, 2.24) is 15.1 Å². The Morgan fingerprint density at radius 3 is 2.50 bits per heavy atom. The summed E-state index contributed by atoms with van der Waals surface area (Å²) in [4.78, 5) is 30.9. The lowest BCUT2D eigenvalue weighted by Gasteiger charge is -2.42. The van der Waals surface area contributed by atoms with Crippen LogP contribution in [0.5, 0.6) is 0 Å². The number of nitrogens with one attached hydrogen (secondary N) is 1. The molecule has 3 heterocycles. The molecule has 1 aliphatic carbocycles. The molecule has 3 saturated heterocycles. The van der Waals surface area contributed by atoms with Gasteiger partial charge < -0.3 is 29.2 Å². The Morgan fingerprint density at radius 1 is 1.26 bits per heavy atom. The molecule has 1 saturated carbocycles. The number of alkyl carbamates (subject to hydrolysis) is 1. The van der Waals surface area contributed by atoms with Crippen molar-refractivity contribution >= 4 is 12.0 Å². The van der Waals surface area contributed by atoms with Gasteiger partial charge in [0.15, 0.2) is 0 Å². The average molecular weight is 536 g/mol. The Kier molecular flexibility index (Phi) is 8.82. The molecule has 0 aromatic carbocycles. The molecule has 9 nitrogen and oxygen atoms in total. The Balaban J connectivity index is 1.44. The van der Waals surface area contributed by atoms with Crippen LogP contribution in [0.4, 0.5) is 4.79 Å². The third-order valence-corrected chi connectivity index (χ3v) is 9.17. The number of ether oxygens (including phenoxy) is 4. The summed E-state index contributed by atoms with van der Waals surface area (Å²) in [5.74, 6) is -0.182. The van der Waals surface area contributed by atoms with Gasteiger partial charge >= 0.3 is 6.09 Å². The number of rotatable bonds is 10. The van der Waals surface area contributed by atoms with Gasteiger partial charge in [-0.3, -0.25) is 9.69 Å². The van der Waals surface area contributed by atoms with Crippen LogP contribution in [-0.4, -0.2) is 97.4 Å². The molecule has 9 heteroatoms. The molecule has 0 radical (unpaired) electrons. The first-order chi connectivity index (χ1) is 18.0. The van der Waals surface area contributed by atoms with E-state index < -0.39 is 23.8 Å². The van der Waals surface area contributed by atoms with Crippen molar-refractivity contribution in [2.24, 2.45) is 11.8 Å². The average Bonchev–Trinajstić information content (AvgIpc) is 3.73. The van der Waals surface area contributed by atoms with E-state index in [2.05, 4.69) is 44.1 Å². The highest BCUT2D eigenvalue weighted by atomic mass is 16.6. The van der Waals surface area contributed by atoms with Gasteiger partial charge in [0, 0.05) is 13.7 Å². The zero-order valence-corrected chi connectivity index (χ0v) is 24.6. The molecule has 0 bridgehead atoms. The van der Waals surface area contributed by atoms with Crippen LogP contribution in [0.1, 0.15) is 73.6 Å². The third-order valence-electron chi connectivity index (χ3n) is 9.17. The molecule has 4 aliphatic rings. The topological polar surface area (TPSA) is 96.2 Å². The highest BCUT2D eigenvalue weighted by Crippen LogP contribution is 2.59. The lowest BCUT2D eigenvalue weighted by Crippen LogP contribution is -2.58. The van der Waals surface area contributed by atoms with Crippen LogP contribution in [-0.2, 0) is 23.7 Å². The van der Waals surface area contributed by atoms with Crippen LogP contribution < -0.4 is 5.32 Å². The fourth-order valence-corrected chi connectivity index (χ4v) is 6.86. The first-order valence-electron chi connectivity index (χ1n) is 14.4. The van der Waals surface area contributed by atoms with E-state index in [1.165, 1.54) is 5.57 Å². The van der Waals surface area contributed by atoms with E-state index in [1.807, 2.05) is 25.7 Å². The summed E-state index contributed by atoms with van der Waals surface area (Å²) >= 11 is 0. The fourth-order valence-electron chi connectivity index (χ4n) is 6.86. The lowest BCUT2D eigenvalue weighted by atomic mass is 9.68. The van der Waals surface area contributed by atoms with Gasteiger partial charge in [-0.25, -0.2) is 4.79 Å². The Morgan fingerprint density at radius 2 is 1.97 bits per heavy atom. The summed E-state index contributed by atoms with van der Waals surface area (Å²) in [6, 6.07) is -0.660. The first kappa shape index (κ1) is 29.3.